The van der Waals surface area contributed by atoms with E-state index in [-0.39, 0.29) is 6.10 Å². The lowest BCUT2D eigenvalue weighted by Gasteiger charge is -2.29. The van der Waals surface area contributed by atoms with Gasteiger partial charge in [0.15, 0.2) is 0 Å². The molecule has 16 heavy (non-hydrogen) atoms. The maximum absolute atomic E-state index is 11.0. The summed E-state index contributed by atoms with van der Waals surface area (Å²) in [6, 6.07) is 0. The Balaban J connectivity index is 0. The van der Waals surface area contributed by atoms with Gasteiger partial charge < -0.3 is 9.84 Å². The molecule has 0 aliphatic heterocycles. The van der Waals surface area contributed by atoms with E-state index >= 15 is 0 Å². The smallest absolute Gasteiger partial charge is 0.312 e. The third kappa shape index (κ3) is 4.12. The first-order valence-electron chi connectivity index (χ1n) is 6.39. The number of carboxylic acid groups (broad SMARTS) is 1. The van der Waals surface area contributed by atoms with Crippen molar-refractivity contribution in [2.24, 2.45) is 5.41 Å². The molecule has 0 saturated heterocycles. The second-order valence-electron chi connectivity index (χ2n) is 3.55. The second kappa shape index (κ2) is 9.64. The predicted octanol–water partition coefficient (Wildman–Crippen LogP) is 3.72. The Morgan fingerprint density at radius 1 is 1.19 bits per heavy atom. The average molecular weight is 232 g/mol. The highest BCUT2D eigenvalue weighted by molar-refractivity contribution is 5.75. The van der Waals surface area contributed by atoms with Gasteiger partial charge in [-0.25, -0.2) is 0 Å². The van der Waals surface area contributed by atoms with E-state index in [0.717, 1.165) is 25.7 Å². The van der Waals surface area contributed by atoms with E-state index < -0.39 is 11.4 Å². The van der Waals surface area contributed by atoms with Gasteiger partial charge in [-0.05, 0) is 19.8 Å². The van der Waals surface area contributed by atoms with E-state index in [0.29, 0.717) is 0 Å². The van der Waals surface area contributed by atoms with E-state index in [1.165, 1.54) is 0 Å². The summed E-state index contributed by atoms with van der Waals surface area (Å²) in [5.74, 6) is -0.700. The van der Waals surface area contributed by atoms with Gasteiger partial charge in [0.05, 0.1) is 11.5 Å². The lowest BCUT2D eigenvalue weighted by atomic mass is 9.81. The van der Waals surface area contributed by atoms with Crippen LogP contribution in [0.25, 0.3) is 0 Å². The summed E-state index contributed by atoms with van der Waals surface area (Å²) in [5.41, 5.74) is -0.602. The molecule has 1 atom stereocenters. The van der Waals surface area contributed by atoms with Gasteiger partial charge in [-0.3, -0.25) is 4.79 Å². The van der Waals surface area contributed by atoms with Gasteiger partial charge >= 0.3 is 5.97 Å². The normalized spacial score (nSPS) is 18.6. The Hall–Kier alpha value is -0.570. The van der Waals surface area contributed by atoms with Crippen LogP contribution in [-0.2, 0) is 9.53 Å². The Morgan fingerprint density at radius 3 is 1.81 bits per heavy atom. The van der Waals surface area contributed by atoms with Crippen molar-refractivity contribution < 1.29 is 14.6 Å². The third-order valence-electron chi connectivity index (χ3n) is 3.05. The Labute approximate surface area is 100 Å². The third-order valence-corrected chi connectivity index (χ3v) is 3.05. The minimum Gasteiger partial charge on any atom is -0.481 e. The average Bonchev–Trinajstić information content (AvgIpc) is 2.83. The van der Waals surface area contributed by atoms with Crippen molar-refractivity contribution in [1.29, 1.82) is 0 Å². The fourth-order valence-electron chi connectivity index (χ4n) is 2.03. The molecule has 1 rings (SSSR count). The lowest BCUT2D eigenvalue weighted by Crippen LogP contribution is -2.39. The first-order chi connectivity index (χ1) is 7.63. The van der Waals surface area contributed by atoms with Crippen LogP contribution in [0.2, 0.25) is 0 Å². The van der Waals surface area contributed by atoms with Crippen LogP contribution in [0.4, 0.5) is 0 Å². The minimum atomic E-state index is -0.700. The van der Waals surface area contributed by atoms with Gasteiger partial charge in [-0.1, -0.05) is 40.5 Å². The van der Waals surface area contributed by atoms with E-state index in [2.05, 4.69) is 0 Å². The van der Waals surface area contributed by atoms with Gasteiger partial charge in [0.1, 0.15) is 0 Å². The molecule has 0 radical (unpaired) electrons. The first-order valence-corrected chi connectivity index (χ1v) is 6.39. The molecule has 0 aromatic carbocycles. The summed E-state index contributed by atoms with van der Waals surface area (Å²) in [6.45, 7) is 9.85. The summed E-state index contributed by atoms with van der Waals surface area (Å²) in [6.07, 6.45) is 3.38. The summed E-state index contributed by atoms with van der Waals surface area (Å²) >= 11 is 0. The van der Waals surface area contributed by atoms with Gasteiger partial charge in [-0.15, -0.1) is 0 Å². The van der Waals surface area contributed by atoms with E-state index in [9.17, 15) is 4.79 Å². The van der Waals surface area contributed by atoms with Crippen molar-refractivity contribution in [3.63, 3.8) is 0 Å². The molecule has 0 bridgehead atoms. The van der Waals surface area contributed by atoms with Gasteiger partial charge in [0.2, 0.25) is 0 Å². The molecule has 0 spiro atoms. The molecule has 0 amide bonds. The van der Waals surface area contributed by atoms with E-state index in [4.69, 9.17) is 9.84 Å². The zero-order valence-corrected chi connectivity index (χ0v) is 11.7. The molecule has 1 N–H and O–H groups in total. The lowest BCUT2D eigenvalue weighted by molar-refractivity contribution is -0.156. The maximum atomic E-state index is 11.0. The molecule has 1 aliphatic carbocycles. The van der Waals surface area contributed by atoms with Crippen molar-refractivity contribution in [3.8, 4) is 0 Å². The Bertz CT molecular complexity index is 172. The molecule has 0 heterocycles. The zero-order chi connectivity index (χ0) is 13.2. The van der Waals surface area contributed by atoms with Crippen LogP contribution in [0, 0.1) is 5.41 Å². The molecule has 1 aliphatic rings. The van der Waals surface area contributed by atoms with Crippen LogP contribution in [0.5, 0.6) is 0 Å². The summed E-state index contributed by atoms with van der Waals surface area (Å²) in [4.78, 5) is 11.0. The van der Waals surface area contributed by atoms with Crippen LogP contribution in [-0.4, -0.2) is 24.3 Å². The second-order valence-corrected chi connectivity index (χ2v) is 3.55. The monoisotopic (exact) mass is 232 g/mol. The van der Waals surface area contributed by atoms with Gasteiger partial charge in [0.25, 0.3) is 0 Å². The van der Waals surface area contributed by atoms with Crippen LogP contribution < -0.4 is 0 Å². The van der Waals surface area contributed by atoms with Crippen molar-refractivity contribution in [3.05, 3.63) is 0 Å². The van der Waals surface area contributed by atoms with Crippen LogP contribution >= 0.6 is 0 Å². The highest BCUT2D eigenvalue weighted by Crippen LogP contribution is 2.42. The fourth-order valence-corrected chi connectivity index (χ4v) is 2.03. The molecule has 1 unspecified atom stereocenters. The summed E-state index contributed by atoms with van der Waals surface area (Å²) in [5, 5.41) is 9.09. The van der Waals surface area contributed by atoms with Crippen molar-refractivity contribution in [2.45, 2.75) is 66.4 Å². The molecular weight excluding hydrogens is 204 g/mol. The molecular formula is C13H28O3. The SMILES string of the molecule is CC.CC.COC(C)C1(C(=O)O)CCCC1. The summed E-state index contributed by atoms with van der Waals surface area (Å²) < 4.78 is 5.12. The highest BCUT2D eigenvalue weighted by atomic mass is 16.5. The van der Waals surface area contributed by atoms with Crippen LogP contribution in [0.15, 0.2) is 0 Å². The van der Waals surface area contributed by atoms with Gasteiger partial charge in [0, 0.05) is 7.11 Å². The number of hydrogen-bond acceptors (Lipinski definition) is 2. The predicted molar refractivity (Wildman–Crippen MR) is 67.7 cm³/mol. The first kappa shape index (κ1) is 17.8. The quantitative estimate of drug-likeness (QED) is 0.806. The number of carbonyl (C=O) groups is 1. The van der Waals surface area contributed by atoms with E-state index in [1.807, 2.05) is 34.6 Å². The number of ether oxygens (including phenoxy) is 1. The van der Waals surface area contributed by atoms with Crippen molar-refractivity contribution >= 4 is 5.97 Å². The van der Waals surface area contributed by atoms with Crippen molar-refractivity contribution in [1.82, 2.24) is 0 Å². The minimum absolute atomic E-state index is 0.169. The molecule has 1 fully saturated rings. The van der Waals surface area contributed by atoms with Crippen molar-refractivity contribution in [2.75, 3.05) is 7.11 Å². The van der Waals surface area contributed by atoms with Crippen LogP contribution in [0.1, 0.15) is 60.3 Å². The summed E-state index contributed by atoms with van der Waals surface area (Å²) in [7, 11) is 1.58. The van der Waals surface area contributed by atoms with E-state index in [1.54, 1.807) is 7.11 Å². The number of aliphatic carboxylic acids is 1. The topological polar surface area (TPSA) is 46.5 Å². The largest absolute Gasteiger partial charge is 0.481 e. The Kier molecular flexibility index (Phi) is 10.7. The molecule has 0 aromatic heterocycles. The Morgan fingerprint density at radius 2 is 1.56 bits per heavy atom. The number of carboxylic acids is 1. The number of hydrogen-bond donors (Lipinski definition) is 1. The van der Waals surface area contributed by atoms with Crippen LogP contribution in [0.3, 0.4) is 0 Å². The molecule has 0 aromatic rings. The number of rotatable bonds is 3. The zero-order valence-electron chi connectivity index (χ0n) is 11.7. The number of methoxy groups -OCH3 is 1. The standard InChI is InChI=1S/C9H16O3.2C2H6/c1-7(12-2)9(8(10)11)5-3-4-6-9;2*1-2/h7H,3-6H2,1-2H3,(H,10,11);2*1-2H3. The fraction of sp³-hybridized carbons (Fsp3) is 0.923. The van der Waals surface area contributed by atoms with Gasteiger partial charge in [-0.2, -0.15) is 0 Å². The molecule has 98 valence electrons. The molecule has 3 heteroatoms. The highest BCUT2D eigenvalue weighted by Gasteiger charge is 2.46. The molecule has 1 saturated carbocycles. The molecule has 3 nitrogen and oxygen atoms in total. The maximum Gasteiger partial charge on any atom is 0.312 e.